The van der Waals surface area contributed by atoms with Crippen LogP contribution in [0.4, 0.5) is 0 Å². The molecule has 1 atom stereocenters. The van der Waals surface area contributed by atoms with Crippen molar-refractivity contribution in [2.75, 3.05) is 20.1 Å². The number of hydrogen-bond donors (Lipinski definition) is 1. The molecule has 2 nitrogen and oxygen atoms in total. The van der Waals surface area contributed by atoms with Gasteiger partial charge >= 0.3 is 0 Å². The molecule has 2 heteroatoms. The zero-order valence-corrected chi connectivity index (χ0v) is 11.7. The van der Waals surface area contributed by atoms with E-state index >= 15 is 0 Å². The molecule has 1 unspecified atom stereocenters. The van der Waals surface area contributed by atoms with Crippen LogP contribution in [0, 0.1) is 19.8 Å². The molecule has 2 N–H and O–H groups in total. The zero-order chi connectivity index (χ0) is 12.8. The van der Waals surface area contributed by atoms with E-state index in [-0.39, 0.29) is 0 Å². The lowest BCUT2D eigenvalue weighted by Gasteiger charge is -2.22. The normalized spacial score (nSPS) is 13.1. The summed E-state index contributed by atoms with van der Waals surface area (Å²) in [4.78, 5) is 2.37. The van der Waals surface area contributed by atoms with Gasteiger partial charge in [-0.25, -0.2) is 0 Å². The van der Waals surface area contributed by atoms with E-state index in [1.165, 1.54) is 16.7 Å². The van der Waals surface area contributed by atoms with Crippen molar-refractivity contribution in [1.29, 1.82) is 0 Å². The Hall–Kier alpha value is -0.860. The summed E-state index contributed by atoms with van der Waals surface area (Å²) in [6, 6.07) is 6.72. The van der Waals surface area contributed by atoms with Gasteiger partial charge in [-0.2, -0.15) is 0 Å². The summed E-state index contributed by atoms with van der Waals surface area (Å²) in [5.41, 5.74) is 9.88. The maximum absolute atomic E-state index is 5.74. The molecule has 0 fully saturated rings. The van der Waals surface area contributed by atoms with E-state index in [1.54, 1.807) is 0 Å². The van der Waals surface area contributed by atoms with Crippen molar-refractivity contribution in [3.05, 3.63) is 34.9 Å². The maximum Gasteiger partial charge on any atom is 0.0230 e. The van der Waals surface area contributed by atoms with Crippen LogP contribution in [0.2, 0.25) is 0 Å². The first-order valence-electron chi connectivity index (χ1n) is 6.51. The Morgan fingerprint density at radius 2 is 1.94 bits per heavy atom. The van der Waals surface area contributed by atoms with Gasteiger partial charge < -0.3 is 10.6 Å². The Kier molecular flexibility index (Phi) is 5.66. The second-order valence-corrected chi connectivity index (χ2v) is 5.13. The smallest absolute Gasteiger partial charge is 0.0230 e. The van der Waals surface area contributed by atoms with E-state index in [4.69, 9.17) is 5.73 Å². The van der Waals surface area contributed by atoms with Crippen LogP contribution in [-0.2, 0) is 6.54 Å². The number of hydrogen-bond acceptors (Lipinski definition) is 2. The Morgan fingerprint density at radius 3 is 2.47 bits per heavy atom. The molecule has 1 aromatic rings. The lowest BCUT2D eigenvalue weighted by Crippen LogP contribution is -2.29. The van der Waals surface area contributed by atoms with E-state index in [9.17, 15) is 0 Å². The third-order valence-electron chi connectivity index (χ3n) is 3.50. The Labute approximate surface area is 106 Å². The van der Waals surface area contributed by atoms with E-state index in [2.05, 4.69) is 50.9 Å². The minimum absolute atomic E-state index is 0.617. The Morgan fingerprint density at radius 1 is 1.24 bits per heavy atom. The van der Waals surface area contributed by atoms with Crippen molar-refractivity contribution >= 4 is 0 Å². The highest BCUT2D eigenvalue weighted by Gasteiger charge is 2.08. The maximum atomic E-state index is 5.74. The molecule has 0 aliphatic heterocycles. The van der Waals surface area contributed by atoms with Crippen LogP contribution in [0.3, 0.4) is 0 Å². The molecule has 0 aliphatic carbocycles. The van der Waals surface area contributed by atoms with Gasteiger partial charge in [0.1, 0.15) is 0 Å². The topological polar surface area (TPSA) is 29.3 Å². The van der Waals surface area contributed by atoms with Gasteiger partial charge in [-0.1, -0.05) is 31.5 Å². The largest absolute Gasteiger partial charge is 0.330 e. The van der Waals surface area contributed by atoms with Crippen LogP contribution >= 0.6 is 0 Å². The monoisotopic (exact) mass is 234 g/mol. The molecule has 0 spiro atoms. The van der Waals surface area contributed by atoms with Crippen LogP contribution in [0.1, 0.15) is 30.0 Å². The molecular weight excluding hydrogens is 208 g/mol. The van der Waals surface area contributed by atoms with Crippen molar-refractivity contribution in [2.45, 2.75) is 33.7 Å². The molecule has 0 radical (unpaired) electrons. The summed E-state index contributed by atoms with van der Waals surface area (Å²) >= 11 is 0. The molecule has 17 heavy (non-hydrogen) atoms. The average Bonchev–Trinajstić information content (AvgIpc) is 2.31. The van der Waals surface area contributed by atoms with Gasteiger partial charge in [0.25, 0.3) is 0 Å². The van der Waals surface area contributed by atoms with Gasteiger partial charge in [0.05, 0.1) is 0 Å². The van der Waals surface area contributed by atoms with Crippen LogP contribution in [0.25, 0.3) is 0 Å². The van der Waals surface area contributed by atoms with E-state index in [0.29, 0.717) is 5.92 Å². The lowest BCUT2D eigenvalue weighted by atomic mass is 10.0. The molecule has 96 valence electrons. The van der Waals surface area contributed by atoms with E-state index < -0.39 is 0 Å². The first kappa shape index (κ1) is 14.2. The first-order chi connectivity index (χ1) is 8.06. The fourth-order valence-corrected chi connectivity index (χ4v) is 2.09. The highest BCUT2D eigenvalue weighted by atomic mass is 15.1. The number of benzene rings is 1. The van der Waals surface area contributed by atoms with Gasteiger partial charge in [-0.05, 0) is 50.0 Å². The quantitative estimate of drug-likeness (QED) is 0.820. The average molecular weight is 234 g/mol. The van der Waals surface area contributed by atoms with Gasteiger partial charge in [-0.15, -0.1) is 0 Å². The second-order valence-electron chi connectivity index (χ2n) is 5.13. The third-order valence-corrected chi connectivity index (χ3v) is 3.50. The van der Waals surface area contributed by atoms with Crippen molar-refractivity contribution in [3.63, 3.8) is 0 Å². The van der Waals surface area contributed by atoms with E-state index in [1.807, 2.05) is 0 Å². The number of nitrogens with two attached hydrogens (primary N) is 1. The van der Waals surface area contributed by atoms with Crippen molar-refractivity contribution in [1.82, 2.24) is 4.90 Å². The van der Waals surface area contributed by atoms with Gasteiger partial charge in [0.2, 0.25) is 0 Å². The van der Waals surface area contributed by atoms with Crippen LogP contribution in [0.5, 0.6) is 0 Å². The zero-order valence-electron chi connectivity index (χ0n) is 11.7. The molecular formula is C15H26N2. The lowest BCUT2D eigenvalue weighted by molar-refractivity contribution is 0.268. The van der Waals surface area contributed by atoms with Crippen LogP contribution < -0.4 is 5.73 Å². The highest BCUT2D eigenvalue weighted by molar-refractivity contribution is 5.29. The molecule has 0 saturated heterocycles. The van der Waals surface area contributed by atoms with E-state index in [0.717, 1.165) is 26.1 Å². The van der Waals surface area contributed by atoms with Gasteiger partial charge in [0, 0.05) is 13.1 Å². The summed E-state index contributed by atoms with van der Waals surface area (Å²) in [6.07, 6.45) is 1.16. The Balaban J connectivity index is 2.55. The Bertz CT molecular complexity index is 343. The number of nitrogens with zero attached hydrogens (tertiary/aromatic N) is 1. The summed E-state index contributed by atoms with van der Waals surface area (Å²) in [7, 11) is 2.17. The third kappa shape index (κ3) is 4.49. The van der Waals surface area contributed by atoms with Crippen molar-refractivity contribution < 1.29 is 0 Å². The fourth-order valence-electron chi connectivity index (χ4n) is 2.09. The van der Waals surface area contributed by atoms with Gasteiger partial charge in [0.15, 0.2) is 0 Å². The standard InChI is InChI=1S/C15H26N2/c1-5-14(9-16)10-17(4)11-15-7-6-12(2)13(3)8-15/h6-8,14H,5,9-11,16H2,1-4H3. The highest BCUT2D eigenvalue weighted by Crippen LogP contribution is 2.12. The summed E-state index contributed by atoms with van der Waals surface area (Å²) < 4.78 is 0. The SMILES string of the molecule is CCC(CN)CN(C)Cc1ccc(C)c(C)c1. The van der Waals surface area contributed by atoms with Gasteiger partial charge in [-0.3, -0.25) is 0 Å². The molecule has 0 aromatic heterocycles. The minimum Gasteiger partial charge on any atom is -0.330 e. The summed E-state index contributed by atoms with van der Waals surface area (Å²) in [5.74, 6) is 0.617. The fraction of sp³-hybridized carbons (Fsp3) is 0.600. The predicted octanol–water partition coefficient (Wildman–Crippen LogP) is 2.72. The van der Waals surface area contributed by atoms with Crippen LogP contribution in [-0.4, -0.2) is 25.0 Å². The molecule has 0 bridgehead atoms. The second kappa shape index (κ2) is 6.77. The van der Waals surface area contributed by atoms with Crippen molar-refractivity contribution in [3.8, 4) is 0 Å². The predicted molar refractivity (Wildman–Crippen MR) is 75.1 cm³/mol. The molecule has 0 aliphatic rings. The van der Waals surface area contributed by atoms with Crippen molar-refractivity contribution in [2.24, 2.45) is 11.7 Å². The molecule has 1 rings (SSSR count). The molecule has 1 aromatic carbocycles. The number of rotatable bonds is 6. The molecule has 0 amide bonds. The molecule has 0 heterocycles. The number of aryl methyl sites for hydroxylation is 2. The van der Waals surface area contributed by atoms with Crippen LogP contribution in [0.15, 0.2) is 18.2 Å². The first-order valence-corrected chi connectivity index (χ1v) is 6.51. The minimum atomic E-state index is 0.617. The molecule has 0 saturated carbocycles. The summed E-state index contributed by atoms with van der Waals surface area (Å²) in [6.45, 7) is 9.42. The summed E-state index contributed by atoms with van der Waals surface area (Å²) in [5, 5.41) is 0.